The Labute approximate surface area is 169 Å². The molecule has 1 fully saturated rings. The number of hydrogen-bond donors (Lipinski definition) is 0. The average molecular weight is 380 g/mol. The highest BCUT2D eigenvalue weighted by Crippen LogP contribution is 2.38. The second-order valence-electron chi connectivity index (χ2n) is 8.02. The summed E-state index contributed by atoms with van der Waals surface area (Å²) < 4.78 is 0. The fourth-order valence-electron chi connectivity index (χ4n) is 4.32. The molecule has 1 aliphatic rings. The Morgan fingerprint density at radius 3 is 2.37 bits per heavy atom. The van der Waals surface area contributed by atoms with Crippen LogP contribution in [0, 0.1) is 17.2 Å². The van der Waals surface area contributed by atoms with E-state index < -0.39 is 0 Å². The molecule has 1 saturated carbocycles. The number of rotatable bonds is 7. The predicted octanol–water partition coefficient (Wildman–Crippen LogP) is 7.46. The van der Waals surface area contributed by atoms with Crippen LogP contribution in [0.3, 0.4) is 0 Å². The van der Waals surface area contributed by atoms with E-state index in [4.69, 9.17) is 16.9 Å². The van der Waals surface area contributed by atoms with Crippen molar-refractivity contribution in [2.45, 2.75) is 70.6 Å². The molecule has 0 unspecified atom stereocenters. The van der Waals surface area contributed by atoms with Crippen molar-refractivity contribution in [2.24, 2.45) is 5.92 Å². The van der Waals surface area contributed by atoms with Crippen LogP contribution in [0.1, 0.15) is 80.0 Å². The summed E-state index contributed by atoms with van der Waals surface area (Å²) in [5, 5.41) is 9.80. The zero-order valence-corrected chi connectivity index (χ0v) is 17.1. The van der Waals surface area contributed by atoms with Gasteiger partial charge in [-0.15, -0.1) is 0 Å². The SMILES string of the molecule is CCCC[C@H]1CC[C@H](c2ccc(CCc3ccc(C#N)cc3)c(Cl)c2)CC1. The van der Waals surface area contributed by atoms with Crippen molar-refractivity contribution in [2.75, 3.05) is 0 Å². The molecule has 0 amide bonds. The summed E-state index contributed by atoms with van der Waals surface area (Å²) in [7, 11) is 0. The maximum Gasteiger partial charge on any atom is 0.0991 e. The molecule has 0 N–H and O–H groups in total. The van der Waals surface area contributed by atoms with Crippen LogP contribution in [0.2, 0.25) is 5.02 Å². The van der Waals surface area contributed by atoms with Crippen LogP contribution < -0.4 is 0 Å². The molecule has 1 nitrogen and oxygen atoms in total. The third kappa shape index (κ3) is 5.60. The molecule has 2 aromatic carbocycles. The number of unbranched alkanes of at least 4 members (excludes halogenated alkanes) is 1. The van der Waals surface area contributed by atoms with Gasteiger partial charge in [0.2, 0.25) is 0 Å². The highest BCUT2D eigenvalue weighted by molar-refractivity contribution is 6.31. The average Bonchev–Trinajstić information content (AvgIpc) is 2.72. The minimum Gasteiger partial charge on any atom is -0.192 e. The lowest BCUT2D eigenvalue weighted by Crippen LogP contribution is -2.13. The third-order valence-electron chi connectivity index (χ3n) is 6.13. The minimum absolute atomic E-state index is 0.688. The Kier molecular flexibility index (Phi) is 7.36. The second-order valence-corrected chi connectivity index (χ2v) is 8.43. The van der Waals surface area contributed by atoms with Gasteiger partial charge in [-0.05, 0) is 85.3 Å². The zero-order valence-electron chi connectivity index (χ0n) is 16.4. The van der Waals surface area contributed by atoms with E-state index in [1.54, 1.807) is 0 Å². The van der Waals surface area contributed by atoms with E-state index in [0.29, 0.717) is 11.5 Å². The predicted molar refractivity (Wildman–Crippen MR) is 114 cm³/mol. The Hall–Kier alpha value is -1.78. The summed E-state index contributed by atoms with van der Waals surface area (Å²) in [6.45, 7) is 2.29. The summed E-state index contributed by atoms with van der Waals surface area (Å²) in [5.74, 6) is 1.64. The molecule has 0 atom stereocenters. The van der Waals surface area contributed by atoms with Gasteiger partial charge in [-0.3, -0.25) is 0 Å². The highest BCUT2D eigenvalue weighted by atomic mass is 35.5. The number of aryl methyl sites for hydroxylation is 2. The molecule has 27 heavy (non-hydrogen) atoms. The van der Waals surface area contributed by atoms with Crippen molar-refractivity contribution < 1.29 is 0 Å². The molecule has 0 bridgehead atoms. The lowest BCUT2D eigenvalue weighted by Gasteiger charge is -2.29. The molecule has 0 spiro atoms. The van der Waals surface area contributed by atoms with Gasteiger partial charge in [-0.1, -0.05) is 62.1 Å². The fourth-order valence-corrected chi connectivity index (χ4v) is 4.61. The fraction of sp³-hybridized carbons (Fsp3) is 0.480. The number of halogens is 1. The summed E-state index contributed by atoms with van der Waals surface area (Å²) in [4.78, 5) is 0. The molecule has 0 saturated heterocycles. The zero-order chi connectivity index (χ0) is 19.1. The van der Waals surface area contributed by atoms with Crippen LogP contribution in [-0.4, -0.2) is 0 Å². The van der Waals surface area contributed by atoms with Crippen LogP contribution >= 0.6 is 11.6 Å². The van der Waals surface area contributed by atoms with Gasteiger partial charge in [0.1, 0.15) is 0 Å². The summed E-state index contributed by atoms with van der Waals surface area (Å²) in [6.07, 6.45) is 11.4. The van der Waals surface area contributed by atoms with Gasteiger partial charge >= 0.3 is 0 Å². The van der Waals surface area contributed by atoms with Gasteiger partial charge in [0, 0.05) is 5.02 Å². The quantitative estimate of drug-likeness (QED) is 0.489. The molecule has 0 aromatic heterocycles. The molecule has 0 heterocycles. The normalized spacial score (nSPS) is 19.6. The van der Waals surface area contributed by atoms with Gasteiger partial charge in [0.25, 0.3) is 0 Å². The standard InChI is InChI=1S/C25H30ClN/c1-2-3-4-19-9-12-22(13-10-19)24-16-15-23(25(26)17-24)14-11-20-5-7-21(18-27)8-6-20/h5-8,15-17,19,22H,2-4,9-14H2,1H3/t19-,22-. The Morgan fingerprint density at radius 1 is 1.00 bits per heavy atom. The summed E-state index contributed by atoms with van der Waals surface area (Å²) >= 11 is 6.62. The molecule has 2 aromatic rings. The Balaban J connectivity index is 1.55. The highest BCUT2D eigenvalue weighted by Gasteiger charge is 2.22. The Morgan fingerprint density at radius 2 is 1.74 bits per heavy atom. The molecule has 3 rings (SSSR count). The van der Waals surface area contributed by atoms with Crippen molar-refractivity contribution in [3.8, 4) is 6.07 Å². The smallest absolute Gasteiger partial charge is 0.0991 e. The summed E-state index contributed by atoms with van der Waals surface area (Å²) in [6, 6.07) is 16.8. The lowest BCUT2D eigenvalue weighted by atomic mass is 9.77. The van der Waals surface area contributed by atoms with Gasteiger partial charge in [0.15, 0.2) is 0 Å². The molecule has 142 valence electrons. The lowest BCUT2D eigenvalue weighted by molar-refractivity contribution is 0.304. The molecule has 2 heteroatoms. The molecular weight excluding hydrogens is 350 g/mol. The second kappa shape index (κ2) is 9.95. The van der Waals surface area contributed by atoms with Crippen LogP contribution in [0.4, 0.5) is 0 Å². The molecule has 1 aliphatic carbocycles. The maximum atomic E-state index is 8.89. The molecule has 0 radical (unpaired) electrons. The van der Waals surface area contributed by atoms with Crippen molar-refractivity contribution >= 4 is 11.6 Å². The number of nitriles is 1. The van der Waals surface area contributed by atoms with Gasteiger partial charge in [0.05, 0.1) is 11.6 Å². The van der Waals surface area contributed by atoms with Gasteiger partial charge in [-0.25, -0.2) is 0 Å². The Bertz CT molecular complexity index is 764. The van der Waals surface area contributed by atoms with E-state index in [2.05, 4.69) is 31.2 Å². The van der Waals surface area contributed by atoms with E-state index in [1.165, 1.54) is 61.6 Å². The van der Waals surface area contributed by atoms with Crippen LogP contribution in [0.5, 0.6) is 0 Å². The summed E-state index contributed by atoms with van der Waals surface area (Å²) in [5.41, 5.74) is 4.61. The van der Waals surface area contributed by atoms with E-state index in [1.807, 2.05) is 24.3 Å². The molecule has 0 aliphatic heterocycles. The molecular formula is C25H30ClN. The van der Waals surface area contributed by atoms with Crippen molar-refractivity contribution in [3.05, 3.63) is 69.7 Å². The first-order valence-electron chi connectivity index (χ1n) is 10.5. The van der Waals surface area contributed by atoms with E-state index in [0.717, 1.165) is 23.8 Å². The maximum absolute atomic E-state index is 8.89. The van der Waals surface area contributed by atoms with E-state index in [-0.39, 0.29) is 0 Å². The third-order valence-corrected chi connectivity index (χ3v) is 6.48. The first-order chi connectivity index (χ1) is 13.2. The number of nitrogens with zero attached hydrogens (tertiary/aromatic N) is 1. The number of hydrogen-bond acceptors (Lipinski definition) is 1. The topological polar surface area (TPSA) is 23.8 Å². The van der Waals surface area contributed by atoms with Crippen LogP contribution in [0.25, 0.3) is 0 Å². The first kappa shape index (κ1) is 20.0. The van der Waals surface area contributed by atoms with Crippen molar-refractivity contribution in [1.82, 2.24) is 0 Å². The van der Waals surface area contributed by atoms with Gasteiger partial charge in [-0.2, -0.15) is 5.26 Å². The van der Waals surface area contributed by atoms with Gasteiger partial charge < -0.3 is 0 Å². The van der Waals surface area contributed by atoms with Crippen molar-refractivity contribution in [1.29, 1.82) is 5.26 Å². The van der Waals surface area contributed by atoms with Crippen molar-refractivity contribution in [3.63, 3.8) is 0 Å². The van der Waals surface area contributed by atoms with Crippen LogP contribution in [-0.2, 0) is 12.8 Å². The van der Waals surface area contributed by atoms with E-state index >= 15 is 0 Å². The number of benzene rings is 2. The van der Waals surface area contributed by atoms with Crippen LogP contribution in [0.15, 0.2) is 42.5 Å². The largest absolute Gasteiger partial charge is 0.192 e. The monoisotopic (exact) mass is 379 g/mol. The first-order valence-corrected chi connectivity index (χ1v) is 10.8. The minimum atomic E-state index is 0.688. The van der Waals surface area contributed by atoms with E-state index in [9.17, 15) is 0 Å².